The van der Waals surface area contributed by atoms with Crippen molar-refractivity contribution in [2.75, 3.05) is 52.2 Å². The van der Waals surface area contributed by atoms with Gasteiger partial charge in [-0.3, -0.25) is 9.69 Å². The maximum absolute atomic E-state index is 12.8. The van der Waals surface area contributed by atoms with Gasteiger partial charge in [0.25, 0.3) is 5.56 Å². The average Bonchev–Trinajstić information content (AvgIpc) is 2.73. The first-order valence-corrected chi connectivity index (χ1v) is 9.91. The Bertz CT molecular complexity index is 925. The number of para-hydroxylation sites is 1. The van der Waals surface area contributed by atoms with Crippen LogP contribution in [0.2, 0.25) is 5.02 Å². The van der Waals surface area contributed by atoms with Gasteiger partial charge in [0.2, 0.25) is 0 Å². The lowest BCUT2D eigenvalue weighted by molar-refractivity contribution is 0.0600. The van der Waals surface area contributed by atoms with E-state index >= 15 is 0 Å². The number of carbonyl (C=O) groups is 1. The number of anilines is 1. The summed E-state index contributed by atoms with van der Waals surface area (Å²) in [5, 5.41) is 7.54. The molecule has 1 unspecified atom stereocenters. The van der Waals surface area contributed by atoms with Gasteiger partial charge >= 0.3 is 5.97 Å². The van der Waals surface area contributed by atoms with E-state index in [0.717, 1.165) is 37.4 Å². The molecule has 0 amide bonds. The number of hydrogen-bond acceptors (Lipinski definition) is 7. The summed E-state index contributed by atoms with van der Waals surface area (Å²) in [5.41, 5.74) is 0.540. The SMILES string of the molecule is COC(=O)c1ccccc1-n1ncc(NC(C)CN2CCN(C)CC2)c(Cl)c1=O. The summed E-state index contributed by atoms with van der Waals surface area (Å²) < 4.78 is 5.90. The van der Waals surface area contributed by atoms with Crippen LogP contribution in [0.15, 0.2) is 35.3 Å². The van der Waals surface area contributed by atoms with Gasteiger partial charge in [0, 0.05) is 38.8 Å². The van der Waals surface area contributed by atoms with Crippen molar-refractivity contribution in [2.45, 2.75) is 13.0 Å². The van der Waals surface area contributed by atoms with Crippen LogP contribution in [0.25, 0.3) is 5.69 Å². The lowest BCUT2D eigenvalue weighted by Crippen LogP contribution is -2.47. The molecule has 9 heteroatoms. The fraction of sp³-hybridized carbons (Fsp3) is 0.450. The molecule has 1 aromatic carbocycles. The molecule has 1 saturated heterocycles. The van der Waals surface area contributed by atoms with Crippen molar-refractivity contribution < 1.29 is 9.53 Å². The molecule has 1 aromatic heterocycles. The lowest BCUT2D eigenvalue weighted by atomic mass is 10.2. The summed E-state index contributed by atoms with van der Waals surface area (Å²) in [6.45, 7) is 7.02. The van der Waals surface area contributed by atoms with E-state index in [2.05, 4.69) is 27.3 Å². The van der Waals surface area contributed by atoms with Crippen molar-refractivity contribution in [2.24, 2.45) is 0 Å². The highest BCUT2D eigenvalue weighted by Gasteiger charge is 2.19. The van der Waals surface area contributed by atoms with Gasteiger partial charge in [0.15, 0.2) is 0 Å². The molecule has 1 atom stereocenters. The number of hydrogen-bond donors (Lipinski definition) is 1. The van der Waals surface area contributed by atoms with Crippen molar-refractivity contribution in [1.29, 1.82) is 0 Å². The van der Waals surface area contributed by atoms with E-state index in [-0.39, 0.29) is 16.6 Å². The Morgan fingerprint density at radius 1 is 1.28 bits per heavy atom. The molecule has 1 aliphatic rings. The molecular weight excluding hydrogens is 394 g/mol. The molecule has 0 aliphatic carbocycles. The summed E-state index contributed by atoms with van der Waals surface area (Å²) in [7, 11) is 3.41. The van der Waals surface area contributed by atoms with Crippen LogP contribution in [0, 0.1) is 0 Å². The van der Waals surface area contributed by atoms with Gasteiger partial charge in [0.1, 0.15) is 5.02 Å². The summed E-state index contributed by atoms with van der Waals surface area (Å²) in [5.74, 6) is -0.548. The van der Waals surface area contributed by atoms with E-state index in [9.17, 15) is 9.59 Å². The Morgan fingerprint density at radius 3 is 2.66 bits per heavy atom. The molecule has 1 N–H and O–H groups in total. The molecule has 8 nitrogen and oxygen atoms in total. The van der Waals surface area contributed by atoms with Gasteiger partial charge in [0.05, 0.1) is 30.2 Å². The predicted molar refractivity (Wildman–Crippen MR) is 113 cm³/mol. The third-order valence-corrected chi connectivity index (χ3v) is 5.35. The Labute approximate surface area is 175 Å². The molecule has 29 heavy (non-hydrogen) atoms. The highest BCUT2D eigenvalue weighted by molar-refractivity contribution is 6.33. The van der Waals surface area contributed by atoms with E-state index in [1.165, 1.54) is 13.3 Å². The second kappa shape index (κ2) is 9.39. The summed E-state index contributed by atoms with van der Waals surface area (Å²) in [6.07, 6.45) is 1.51. The number of aromatic nitrogens is 2. The summed E-state index contributed by atoms with van der Waals surface area (Å²) in [4.78, 5) is 29.5. The Hall–Kier alpha value is -2.42. The molecule has 1 aliphatic heterocycles. The molecule has 156 valence electrons. The topological polar surface area (TPSA) is 79.7 Å². The molecule has 2 heterocycles. The standard InChI is InChI=1S/C20H26ClN5O3/c1-14(13-25-10-8-24(2)9-11-25)23-16-12-22-26(19(27)18(16)21)17-7-5-4-6-15(17)20(28)29-3/h4-7,12,14,23H,8-11,13H2,1-3H3. The van der Waals surface area contributed by atoms with Crippen molar-refractivity contribution in [3.8, 4) is 5.69 Å². The van der Waals surface area contributed by atoms with Crippen molar-refractivity contribution in [3.63, 3.8) is 0 Å². The van der Waals surface area contributed by atoms with Gasteiger partial charge in [-0.15, -0.1) is 0 Å². The molecule has 0 radical (unpaired) electrons. The van der Waals surface area contributed by atoms with E-state index in [4.69, 9.17) is 16.3 Å². The van der Waals surface area contributed by atoms with Crippen LogP contribution in [-0.2, 0) is 4.74 Å². The summed E-state index contributed by atoms with van der Waals surface area (Å²) >= 11 is 6.35. The monoisotopic (exact) mass is 419 g/mol. The molecule has 0 bridgehead atoms. The third kappa shape index (κ3) is 4.95. The maximum Gasteiger partial charge on any atom is 0.340 e. The van der Waals surface area contributed by atoms with E-state index in [1.807, 2.05) is 6.92 Å². The number of halogens is 1. The van der Waals surface area contributed by atoms with Crippen LogP contribution in [0.4, 0.5) is 5.69 Å². The summed E-state index contributed by atoms with van der Waals surface area (Å²) in [6, 6.07) is 6.70. The van der Waals surface area contributed by atoms with Crippen LogP contribution in [0.5, 0.6) is 0 Å². The Morgan fingerprint density at radius 2 is 1.97 bits per heavy atom. The minimum absolute atomic E-state index is 0.0323. The highest BCUT2D eigenvalue weighted by Crippen LogP contribution is 2.20. The first kappa shape index (κ1) is 21.3. The van der Waals surface area contributed by atoms with Crippen molar-refractivity contribution in [3.05, 3.63) is 51.4 Å². The lowest BCUT2D eigenvalue weighted by Gasteiger charge is -2.34. The maximum atomic E-state index is 12.8. The largest absolute Gasteiger partial charge is 0.465 e. The molecular formula is C20H26ClN5O3. The van der Waals surface area contributed by atoms with Crippen LogP contribution in [-0.4, -0.2) is 78.5 Å². The number of nitrogens with zero attached hydrogens (tertiary/aromatic N) is 4. The van der Waals surface area contributed by atoms with Crippen LogP contribution < -0.4 is 10.9 Å². The second-order valence-electron chi connectivity index (χ2n) is 7.25. The quantitative estimate of drug-likeness (QED) is 0.714. The van der Waals surface area contributed by atoms with Crippen LogP contribution in [0.3, 0.4) is 0 Å². The van der Waals surface area contributed by atoms with Crippen molar-refractivity contribution in [1.82, 2.24) is 19.6 Å². The zero-order valence-electron chi connectivity index (χ0n) is 16.9. The Kier molecular flexibility index (Phi) is 6.89. The highest BCUT2D eigenvalue weighted by atomic mass is 35.5. The van der Waals surface area contributed by atoms with Gasteiger partial charge in [-0.2, -0.15) is 9.78 Å². The number of rotatable bonds is 6. The number of benzene rings is 1. The molecule has 0 spiro atoms. The number of ether oxygens (including phenoxy) is 1. The predicted octanol–water partition coefficient (Wildman–Crippen LogP) is 1.72. The van der Waals surface area contributed by atoms with Gasteiger partial charge in [-0.1, -0.05) is 23.7 Å². The number of nitrogens with one attached hydrogen (secondary N) is 1. The van der Waals surface area contributed by atoms with E-state index < -0.39 is 11.5 Å². The number of likely N-dealkylation sites (N-methyl/N-ethyl adjacent to an activating group) is 1. The first-order valence-electron chi connectivity index (χ1n) is 9.53. The van der Waals surface area contributed by atoms with E-state index in [0.29, 0.717) is 11.4 Å². The number of piperazine rings is 1. The van der Waals surface area contributed by atoms with Gasteiger partial charge < -0.3 is 15.0 Å². The van der Waals surface area contributed by atoms with Gasteiger partial charge in [-0.05, 0) is 26.1 Å². The second-order valence-corrected chi connectivity index (χ2v) is 7.63. The van der Waals surface area contributed by atoms with Crippen molar-refractivity contribution >= 4 is 23.3 Å². The van der Waals surface area contributed by atoms with Gasteiger partial charge in [-0.25, -0.2) is 4.79 Å². The number of methoxy groups -OCH3 is 1. The zero-order chi connectivity index (χ0) is 21.0. The fourth-order valence-corrected chi connectivity index (χ4v) is 3.56. The molecule has 1 fully saturated rings. The zero-order valence-corrected chi connectivity index (χ0v) is 17.6. The minimum atomic E-state index is -0.548. The van der Waals surface area contributed by atoms with Crippen LogP contribution in [0.1, 0.15) is 17.3 Å². The minimum Gasteiger partial charge on any atom is -0.465 e. The molecule has 2 aromatic rings. The Balaban J connectivity index is 1.78. The first-order chi connectivity index (χ1) is 13.9. The van der Waals surface area contributed by atoms with Crippen LogP contribution >= 0.6 is 11.6 Å². The smallest absolute Gasteiger partial charge is 0.340 e. The van der Waals surface area contributed by atoms with E-state index in [1.54, 1.807) is 24.3 Å². The number of esters is 1. The molecule has 3 rings (SSSR count). The normalized spacial score (nSPS) is 16.4. The molecule has 0 saturated carbocycles. The third-order valence-electron chi connectivity index (χ3n) is 4.99. The average molecular weight is 420 g/mol. The number of carbonyl (C=O) groups excluding carboxylic acids is 1. The fourth-order valence-electron chi connectivity index (χ4n) is 3.37.